The van der Waals surface area contributed by atoms with Gasteiger partial charge in [0.2, 0.25) is 11.8 Å². The molecular formula is C44H46FN7O4. The number of H-pyrrole nitrogens is 1. The Kier molecular flexibility index (Phi) is 8.86. The number of benzene rings is 3. The Morgan fingerprint density at radius 1 is 0.911 bits per heavy atom. The Bertz CT molecular complexity index is 2380. The van der Waals surface area contributed by atoms with Crippen LogP contribution in [0, 0.1) is 17.1 Å². The monoisotopic (exact) mass is 755 g/mol. The number of ketones is 1. The maximum absolute atomic E-state index is 15.4. The predicted octanol–water partition coefficient (Wildman–Crippen LogP) is 5.16. The second-order valence-electron chi connectivity index (χ2n) is 16.6. The average molecular weight is 756 g/mol. The highest BCUT2D eigenvalue weighted by atomic mass is 19.1. The van der Waals surface area contributed by atoms with Crippen molar-refractivity contribution in [1.29, 1.82) is 5.26 Å². The molecule has 3 amide bonds. The van der Waals surface area contributed by atoms with Gasteiger partial charge in [0, 0.05) is 109 Å². The van der Waals surface area contributed by atoms with Crippen molar-refractivity contribution in [3.63, 3.8) is 0 Å². The fraction of sp³-hybridized carbons (Fsp3) is 0.432. The maximum atomic E-state index is 15.4. The number of hydrogen-bond donors (Lipinski definition) is 2. The Balaban J connectivity index is 0.839. The molecule has 1 aliphatic carbocycles. The third kappa shape index (κ3) is 5.91. The fourth-order valence-corrected chi connectivity index (χ4v) is 9.92. The van der Waals surface area contributed by atoms with Crippen molar-refractivity contribution in [2.24, 2.45) is 0 Å². The van der Waals surface area contributed by atoms with E-state index in [1.807, 2.05) is 12.1 Å². The van der Waals surface area contributed by atoms with Crippen LogP contribution in [0.1, 0.15) is 106 Å². The molecule has 3 fully saturated rings. The van der Waals surface area contributed by atoms with Gasteiger partial charge in [0.05, 0.1) is 17.2 Å². The predicted molar refractivity (Wildman–Crippen MR) is 209 cm³/mol. The summed E-state index contributed by atoms with van der Waals surface area (Å²) < 4.78 is 15.4. The molecular weight excluding hydrogens is 710 g/mol. The van der Waals surface area contributed by atoms with Crippen LogP contribution in [0.2, 0.25) is 0 Å². The van der Waals surface area contributed by atoms with Gasteiger partial charge in [0.15, 0.2) is 5.78 Å². The third-order valence-corrected chi connectivity index (χ3v) is 13.1. The molecule has 0 spiro atoms. The van der Waals surface area contributed by atoms with Gasteiger partial charge in [0.25, 0.3) is 5.91 Å². The number of nitrogens with one attached hydrogen (secondary N) is 2. The number of fused-ring (bicyclic) bond motifs is 5. The van der Waals surface area contributed by atoms with E-state index in [0.29, 0.717) is 34.8 Å². The lowest BCUT2D eigenvalue weighted by Gasteiger charge is -2.44. The molecule has 1 aromatic heterocycles. The van der Waals surface area contributed by atoms with Crippen LogP contribution in [0.25, 0.3) is 10.9 Å². The molecule has 288 valence electrons. The molecule has 12 heteroatoms. The number of halogens is 1. The van der Waals surface area contributed by atoms with Crippen molar-refractivity contribution in [3.8, 4) is 6.07 Å². The first-order chi connectivity index (χ1) is 26.9. The standard InChI is InChI=1S/C44H46FN7O4/c1-4-26-19-32-33(44(2,3)41-39(40(32)54)30-6-5-25(22-46)17-35(30)47-41)21-37(26)51-11-9-29(10-12-51)50-15-13-49(14-16-50)23-28-18-27-24-52(43(56)31(27)20-34(28)45)36-7-8-38(53)48-42(36)55/h5-6,17-21,29,36,47H,4,7-16,23-24H2,1-3H3,(H,48,53,55). The Morgan fingerprint density at radius 3 is 2.39 bits per heavy atom. The van der Waals surface area contributed by atoms with Gasteiger partial charge in [-0.1, -0.05) is 26.8 Å². The van der Waals surface area contributed by atoms with Crippen molar-refractivity contribution >= 4 is 40.1 Å². The Labute approximate surface area is 325 Å². The zero-order valence-corrected chi connectivity index (χ0v) is 32.1. The lowest BCUT2D eigenvalue weighted by atomic mass is 9.70. The molecule has 56 heavy (non-hydrogen) atoms. The van der Waals surface area contributed by atoms with E-state index in [1.165, 1.54) is 22.2 Å². The number of piperidine rings is 2. The molecule has 0 saturated carbocycles. The maximum Gasteiger partial charge on any atom is 0.255 e. The fourth-order valence-electron chi connectivity index (χ4n) is 9.92. The summed E-state index contributed by atoms with van der Waals surface area (Å²) in [5.41, 5.74) is 8.32. The molecule has 11 nitrogen and oxygen atoms in total. The van der Waals surface area contributed by atoms with Crippen LogP contribution in [-0.2, 0) is 34.5 Å². The minimum atomic E-state index is -0.723. The molecule has 5 heterocycles. The number of amides is 3. The molecule has 4 aromatic rings. The second kappa shape index (κ2) is 13.7. The van der Waals surface area contributed by atoms with E-state index >= 15 is 4.39 Å². The number of carbonyl (C=O) groups is 4. The van der Waals surface area contributed by atoms with E-state index in [1.54, 1.807) is 12.1 Å². The molecule has 1 atom stereocenters. The molecule has 9 rings (SSSR count). The number of aryl methyl sites for hydroxylation is 1. The van der Waals surface area contributed by atoms with Crippen LogP contribution in [-0.4, -0.2) is 94.5 Å². The number of carbonyl (C=O) groups excluding carboxylic acids is 4. The van der Waals surface area contributed by atoms with E-state index in [9.17, 15) is 24.4 Å². The minimum absolute atomic E-state index is 0.0369. The first kappa shape index (κ1) is 36.3. The largest absolute Gasteiger partial charge is 0.371 e. The zero-order valence-electron chi connectivity index (χ0n) is 32.1. The van der Waals surface area contributed by atoms with Crippen molar-refractivity contribution in [2.75, 3.05) is 44.2 Å². The number of imide groups is 1. The first-order valence-electron chi connectivity index (χ1n) is 19.9. The summed E-state index contributed by atoms with van der Waals surface area (Å²) in [4.78, 5) is 63.7. The third-order valence-electron chi connectivity index (χ3n) is 13.1. The van der Waals surface area contributed by atoms with Crippen molar-refractivity contribution in [1.82, 2.24) is 25.0 Å². The van der Waals surface area contributed by atoms with Gasteiger partial charge in [0.1, 0.15) is 11.9 Å². The lowest BCUT2D eigenvalue weighted by Crippen LogP contribution is -2.53. The number of aromatic amines is 1. The second-order valence-corrected chi connectivity index (χ2v) is 16.6. The Hall–Kier alpha value is -5.38. The molecule has 2 N–H and O–H groups in total. The number of aromatic nitrogens is 1. The van der Waals surface area contributed by atoms with Gasteiger partial charge in [-0.25, -0.2) is 4.39 Å². The summed E-state index contributed by atoms with van der Waals surface area (Å²) in [5, 5.41) is 12.6. The summed E-state index contributed by atoms with van der Waals surface area (Å²) in [6, 6.07) is 14.9. The van der Waals surface area contributed by atoms with Crippen LogP contribution in [0.15, 0.2) is 42.5 Å². The van der Waals surface area contributed by atoms with Gasteiger partial charge in [-0.15, -0.1) is 0 Å². The summed E-state index contributed by atoms with van der Waals surface area (Å²) in [5.74, 6) is -1.54. The van der Waals surface area contributed by atoms with Gasteiger partial charge in [-0.2, -0.15) is 5.26 Å². The molecule has 3 saturated heterocycles. The molecule has 5 aliphatic rings. The highest BCUT2D eigenvalue weighted by Crippen LogP contribution is 2.46. The van der Waals surface area contributed by atoms with E-state index in [4.69, 9.17) is 0 Å². The molecule has 3 aromatic carbocycles. The first-order valence-corrected chi connectivity index (χ1v) is 19.9. The molecule has 4 aliphatic heterocycles. The number of anilines is 1. The van der Waals surface area contributed by atoms with Crippen LogP contribution in [0.4, 0.5) is 10.1 Å². The molecule has 0 bridgehead atoms. The number of rotatable bonds is 6. The summed E-state index contributed by atoms with van der Waals surface area (Å²) in [6.45, 7) is 12.5. The minimum Gasteiger partial charge on any atom is -0.371 e. The number of nitriles is 1. The van der Waals surface area contributed by atoms with Gasteiger partial charge in [-0.05, 0) is 78.8 Å². The SMILES string of the molecule is CCc1cc2c(cc1N1CCC(N3CCN(Cc4cc5c(cc4F)C(=O)N(C4CCC(=O)NC4=O)C5)CC3)CC1)C(C)(C)c1[nH]c3cc(C#N)ccc3c1C2=O. The highest BCUT2D eigenvalue weighted by Gasteiger charge is 2.42. The number of nitrogens with zero attached hydrogens (tertiary/aromatic N) is 5. The zero-order chi connectivity index (χ0) is 39.0. The van der Waals surface area contributed by atoms with E-state index in [2.05, 4.69) is 64.0 Å². The quantitative estimate of drug-likeness (QED) is 0.258. The van der Waals surface area contributed by atoms with Gasteiger partial charge in [-0.3, -0.25) is 34.3 Å². The molecule has 0 radical (unpaired) electrons. The van der Waals surface area contributed by atoms with Crippen molar-refractivity contribution < 1.29 is 23.6 Å². The van der Waals surface area contributed by atoms with Crippen LogP contribution in [0.3, 0.4) is 0 Å². The van der Waals surface area contributed by atoms with Crippen molar-refractivity contribution in [2.45, 2.75) is 83.5 Å². The Morgan fingerprint density at radius 2 is 1.68 bits per heavy atom. The van der Waals surface area contributed by atoms with Gasteiger partial charge < -0.3 is 14.8 Å². The number of piperazine rings is 1. The van der Waals surface area contributed by atoms with Gasteiger partial charge >= 0.3 is 0 Å². The summed E-state index contributed by atoms with van der Waals surface area (Å²) in [7, 11) is 0. The summed E-state index contributed by atoms with van der Waals surface area (Å²) in [6.07, 6.45) is 3.35. The normalized spacial score (nSPS) is 21.6. The topological polar surface area (TPSA) is 133 Å². The van der Waals surface area contributed by atoms with Crippen LogP contribution in [0.5, 0.6) is 0 Å². The van der Waals surface area contributed by atoms with E-state index in [-0.39, 0.29) is 37.0 Å². The van der Waals surface area contributed by atoms with E-state index in [0.717, 1.165) is 91.8 Å². The smallest absolute Gasteiger partial charge is 0.255 e. The highest BCUT2D eigenvalue weighted by molar-refractivity contribution is 6.20. The van der Waals surface area contributed by atoms with Crippen molar-refractivity contribution in [3.05, 3.63) is 98.5 Å². The summed E-state index contributed by atoms with van der Waals surface area (Å²) >= 11 is 0. The number of hydrogen-bond acceptors (Lipinski definition) is 8. The lowest BCUT2D eigenvalue weighted by molar-refractivity contribution is -0.136. The van der Waals surface area contributed by atoms with E-state index < -0.39 is 23.2 Å². The van der Waals surface area contributed by atoms with Crippen LogP contribution >= 0.6 is 0 Å². The van der Waals surface area contributed by atoms with Crippen LogP contribution < -0.4 is 10.2 Å². The average Bonchev–Trinajstić information content (AvgIpc) is 3.74. The molecule has 1 unspecified atom stereocenters.